The van der Waals surface area contributed by atoms with Crippen molar-refractivity contribution >= 4 is 22.0 Å². The van der Waals surface area contributed by atoms with Crippen LogP contribution in [0.4, 0.5) is 0 Å². The monoisotopic (exact) mass is 457 g/mol. The van der Waals surface area contributed by atoms with Crippen molar-refractivity contribution in [2.24, 2.45) is 0 Å². The Bertz CT molecular complexity index is 363. The first-order valence-electron chi connectivity index (χ1n) is 3.88. The number of hydrogen-bond acceptors (Lipinski definition) is 0. The molecular weight excluding hydrogens is 449 g/mol. The number of hydrogen-bond donors (Lipinski definition) is 0. The summed E-state index contributed by atoms with van der Waals surface area (Å²) in [5.74, 6) is 0. The van der Waals surface area contributed by atoms with Crippen molar-refractivity contribution < 1.29 is 49.2 Å². The third kappa shape index (κ3) is 2.52. The van der Waals surface area contributed by atoms with Gasteiger partial charge in [0.2, 0.25) is 0 Å². The first kappa shape index (κ1) is 14.9. The van der Waals surface area contributed by atoms with Gasteiger partial charge in [0.15, 0.2) is 0 Å². The molecule has 1 aliphatic carbocycles. The Labute approximate surface area is 120 Å². The van der Waals surface area contributed by atoms with Crippen molar-refractivity contribution in [3.8, 4) is 0 Å². The first-order valence-corrected chi connectivity index (χ1v) is 6.74. The van der Waals surface area contributed by atoms with E-state index in [2.05, 4.69) is 47.1 Å². The Hall–Kier alpha value is 0.890. The van der Waals surface area contributed by atoms with Crippen LogP contribution in [0.25, 0.3) is 6.08 Å². The van der Waals surface area contributed by atoms with Crippen LogP contribution in [-0.2, 0) is 24.4 Å². The second-order valence-corrected chi connectivity index (χ2v) is 5.99. The van der Waals surface area contributed by atoms with Crippen LogP contribution in [-0.4, -0.2) is 0 Å². The van der Waals surface area contributed by atoms with E-state index in [0.717, 1.165) is 3.67 Å². The van der Waals surface area contributed by atoms with Crippen LogP contribution in [0.3, 0.4) is 0 Å². The first-order chi connectivity index (χ1) is 5.70. The van der Waals surface area contributed by atoms with E-state index in [0.29, 0.717) is 0 Å². The van der Waals surface area contributed by atoms with E-state index in [9.17, 15) is 0 Å². The molecule has 0 spiro atoms. The molecule has 1 aromatic rings. The van der Waals surface area contributed by atoms with Crippen LogP contribution in [0, 0.1) is 0 Å². The molecule has 1 atom stereocenters. The smallest absolute Gasteiger partial charge is 1.00 e. The van der Waals surface area contributed by atoms with E-state index in [1.54, 1.807) is 0 Å². The number of benzene rings is 1. The fraction of sp³-hybridized carbons (Fsp3) is 0.200. The van der Waals surface area contributed by atoms with E-state index < -0.39 is 0 Å². The van der Waals surface area contributed by atoms with Crippen LogP contribution in [0.1, 0.15) is 21.7 Å². The van der Waals surface area contributed by atoms with Crippen molar-refractivity contribution in [1.82, 2.24) is 0 Å². The maximum atomic E-state index is 3.57. The third-order valence-electron chi connectivity index (χ3n) is 2.22. The van der Waals surface area contributed by atoms with Crippen molar-refractivity contribution in [3.63, 3.8) is 0 Å². The molecular formula is C10H8BrCl2Hf. The fourth-order valence-corrected chi connectivity index (χ4v) is 3.21. The SMILES string of the molecule is CC1=Cc2c(Br)cccc2[CH]1[Hf+2].[Cl-].[Cl-]. The quantitative estimate of drug-likeness (QED) is 0.377. The third-order valence-corrected chi connectivity index (χ3v) is 5.67. The molecule has 0 N–H and O–H groups in total. The summed E-state index contributed by atoms with van der Waals surface area (Å²) in [7, 11) is 0. The zero-order valence-electron chi connectivity index (χ0n) is 7.52. The molecule has 0 nitrogen and oxygen atoms in total. The van der Waals surface area contributed by atoms with Crippen molar-refractivity contribution in [3.05, 3.63) is 39.4 Å². The molecule has 2 rings (SSSR count). The Balaban J connectivity index is 0.000000845. The van der Waals surface area contributed by atoms with E-state index in [-0.39, 0.29) is 24.8 Å². The molecule has 4 heteroatoms. The zero-order chi connectivity index (χ0) is 8.72. The van der Waals surface area contributed by atoms with Gasteiger partial charge in [0.05, 0.1) is 0 Å². The largest absolute Gasteiger partial charge is 1.00 e. The van der Waals surface area contributed by atoms with E-state index in [1.165, 1.54) is 45.5 Å². The van der Waals surface area contributed by atoms with Gasteiger partial charge in [0.1, 0.15) is 0 Å². The molecule has 1 aliphatic rings. The molecule has 0 fully saturated rings. The van der Waals surface area contributed by atoms with Crippen molar-refractivity contribution in [2.45, 2.75) is 10.6 Å². The maximum Gasteiger partial charge on any atom is -1.00 e. The summed E-state index contributed by atoms with van der Waals surface area (Å²) >= 11 is 4.80. The maximum absolute atomic E-state index is 3.57. The average molecular weight is 457 g/mol. The Morgan fingerprint density at radius 1 is 1.29 bits per heavy atom. The molecule has 0 amide bonds. The Morgan fingerprint density at radius 2 is 1.93 bits per heavy atom. The predicted octanol–water partition coefficient (Wildman–Crippen LogP) is -2.54. The number of allylic oxidation sites excluding steroid dienone is 1. The van der Waals surface area contributed by atoms with Gasteiger partial charge in [0.25, 0.3) is 0 Å². The summed E-state index contributed by atoms with van der Waals surface area (Å²) in [6.07, 6.45) is 2.30. The summed E-state index contributed by atoms with van der Waals surface area (Å²) in [6, 6.07) is 6.48. The van der Waals surface area contributed by atoms with Crippen LogP contribution in [0.15, 0.2) is 28.2 Å². The molecule has 0 aromatic heterocycles. The standard InChI is InChI=1S/C10H8Br.2ClH.Hf/c1-7-5-8-3-2-4-10(11)9(8)6-7;;;/h2-6H,1H3;2*1H;/q;;;+2/p-2. The van der Waals surface area contributed by atoms with Crippen LogP contribution >= 0.6 is 15.9 Å². The van der Waals surface area contributed by atoms with Crippen molar-refractivity contribution in [2.75, 3.05) is 0 Å². The van der Waals surface area contributed by atoms with Crippen LogP contribution in [0.5, 0.6) is 0 Å². The molecule has 0 bridgehead atoms. The second kappa shape index (κ2) is 5.83. The number of fused-ring (bicyclic) bond motifs is 1. The summed E-state index contributed by atoms with van der Waals surface area (Å²) < 4.78 is 1.97. The van der Waals surface area contributed by atoms with E-state index >= 15 is 0 Å². The van der Waals surface area contributed by atoms with Gasteiger partial charge in [-0.25, -0.2) is 0 Å². The van der Waals surface area contributed by atoms with E-state index in [4.69, 9.17) is 0 Å². The van der Waals surface area contributed by atoms with Gasteiger partial charge in [0, 0.05) is 0 Å². The number of halogens is 3. The van der Waals surface area contributed by atoms with Crippen LogP contribution in [0.2, 0.25) is 0 Å². The van der Waals surface area contributed by atoms with Gasteiger partial charge >= 0.3 is 96.4 Å². The molecule has 0 saturated carbocycles. The Kier molecular flexibility index (Phi) is 6.20. The van der Waals surface area contributed by atoms with Crippen LogP contribution < -0.4 is 24.8 Å². The molecule has 1 aromatic carbocycles. The zero-order valence-corrected chi connectivity index (χ0v) is 14.2. The normalized spacial score (nSPS) is 17.7. The van der Waals surface area contributed by atoms with Crippen molar-refractivity contribution in [1.29, 1.82) is 0 Å². The molecule has 1 unspecified atom stereocenters. The number of rotatable bonds is 0. The summed E-state index contributed by atoms with van der Waals surface area (Å²) in [5, 5.41) is 0. The fourth-order valence-electron chi connectivity index (χ4n) is 1.51. The molecule has 73 valence electrons. The van der Waals surface area contributed by atoms with Gasteiger partial charge in [-0.15, -0.1) is 0 Å². The molecule has 0 heterocycles. The average Bonchev–Trinajstić information content (AvgIpc) is 2.32. The Morgan fingerprint density at radius 3 is 2.50 bits per heavy atom. The topological polar surface area (TPSA) is 0 Å². The molecule has 0 radical (unpaired) electrons. The predicted molar refractivity (Wildman–Crippen MR) is 50.5 cm³/mol. The van der Waals surface area contributed by atoms with E-state index in [1.807, 2.05) is 0 Å². The minimum absolute atomic E-state index is 0. The molecule has 14 heavy (non-hydrogen) atoms. The summed E-state index contributed by atoms with van der Waals surface area (Å²) in [5.41, 5.74) is 4.42. The summed E-state index contributed by atoms with van der Waals surface area (Å²) in [6.45, 7) is 2.23. The second-order valence-electron chi connectivity index (χ2n) is 3.06. The molecule has 0 aliphatic heterocycles. The van der Waals surface area contributed by atoms with Gasteiger partial charge in [-0.1, -0.05) is 0 Å². The molecule has 0 saturated heterocycles. The summed E-state index contributed by atoms with van der Waals surface area (Å²) in [4.78, 5) is 0. The van der Waals surface area contributed by atoms with Gasteiger partial charge < -0.3 is 24.8 Å². The van der Waals surface area contributed by atoms with Gasteiger partial charge in [-0.2, -0.15) is 0 Å². The minimum atomic E-state index is 0. The van der Waals surface area contributed by atoms with Gasteiger partial charge in [-0.3, -0.25) is 0 Å². The van der Waals surface area contributed by atoms with Gasteiger partial charge in [-0.05, 0) is 0 Å². The minimum Gasteiger partial charge on any atom is -1.00 e.